The fourth-order valence-electron chi connectivity index (χ4n) is 2.17. The highest BCUT2D eigenvalue weighted by atomic mass is 19.1. The van der Waals surface area contributed by atoms with Crippen molar-refractivity contribution in [2.24, 2.45) is 0 Å². The van der Waals surface area contributed by atoms with Crippen molar-refractivity contribution in [3.05, 3.63) is 78.1 Å². The molecule has 0 aromatic heterocycles. The zero-order valence-electron chi connectivity index (χ0n) is 12.8. The van der Waals surface area contributed by atoms with E-state index < -0.39 is 0 Å². The van der Waals surface area contributed by atoms with E-state index in [2.05, 4.69) is 6.58 Å². The van der Waals surface area contributed by atoms with Crippen LogP contribution >= 0.6 is 0 Å². The van der Waals surface area contributed by atoms with Gasteiger partial charge in [-0.05, 0) is 23.8 Å². The molecule has 0 bridgehead atoms. The van der Waals surface area contributed by atoms with Crippen molar-refractivity contribution in [1.29, 1.82) is 0 Å². The molecule has 2 aromatic rings. The third-order valence-electron chi connectivity index (χ3n) is 3.40. The van der Waals surface area contributed by atoms with E-state index >= 15 is 0 Å². The van der Waals surface area contributed by atoms with E-state index in [0.29, 0.717) is 17.1 Å². The molecule has 2 aromatic carbocycles. The van der Waals surface area contributed by atoms with E-state index in [1.54, 1.807) is 44.6 Å². The number of methoxy groups -OCH3 is 2. The molecule has 0 aliphatic rings. The van der Waals surface area contributed by atoms with Crippen LogP contribution < -0.4 is 9.47 Å². The molecule has 0 saturated carbocycles. The van der Waals surface area contributed by atoms with Crippen molar-refractivity contribution in [3.63, 3.8) is 0 Å². The Hall–Kier alpha value is -2.55. The van der Waals surface area contributed by atoms with Crippen molar-refractivity contribution >= 4 is 6.08 Å². The van der Waals surface area contributed by atoms with Crippen LogP contribution in [0.25, 0.3) is 6.08 Å². The van der Waals surface area contributed by atoms with E-state index in [4.69, 9.17) is 9.47 Å². The number of hydrogen-bond donors (Lipinski definition) is 0. The van der Waals surface area contributed by atoms with Gasteiger partial charge in [-0.25, -0.2) is 4.39 Å². The van der Waals surface area contributed by atoms with Crippen LogP contribution in [0.1, 0.15) is 17.0 Å². The third-order valence-corrected chi connectivity index (χ3v) is 3.40. The molecule has 2 nitrogen and oxygen atoms in total. The molecule has 0 amide bonds. The first kappa shape index (κ1) is 15.8. The summed E-state index contributed by atoms with van der Waals surface area (Å²) < 4.78 is 24.2. The lowest BCUT2D eigenvalue weighted by molar-refractivity contribution is 0.393. The molecule has 2 rings (SSSR count). The van der Waals surface area contributed by atoms with Crippen LogP contribution in [-0.4, -0.2) is 14.2 Å². The lowest BCUT2D eigenvalue weighted by Gasteiger charge is -2.12. The summed E-state index contributed by atoms with van der Waals surface area (Å²) in [4.78, 5) is 0. The minimum atomic E-state index is -0.246. The fraction of sp³-hybridized carbons (Fsp3) is 0.158. The van der Waals surface area contributed by atoms with E-state index in [1.165, 1.54) is 6.07 Å². The Balaban J connectivity index is 2.32. The van der Waals surface area contributed by atoms with E-state index in [0.717, 1.165) is 5.56 Å². The highest BCUT2D eigenvalue weighted by molar-refractivity contribution is 5.53. The Morgan fingerprint density at radius 1 is 1.05 bits per heavy atom. The molecule has 0 fully saturated rings. The van der Waals surface area contributed by atoms with Crippen molar-refractivity contribution < 1.29 is 13.9 Å². The van der Waals surface area contributed by atoms with Crippen LogP contribution in [0.2, 0.25) is 0 Å². The van der Waals surface area contributed by atoms with Gasteiger partial charge in [0.25, 0.3) is 0 Å². The predicted octanol–water partition coefficient (Wildman–Crippen LogP) is 4.83. The highest BCUT2D eigenvalue weighted by Gasteiger charge is 2.08. The topological polar surface area (TPSA) is 18.5 Å². The second-order valence-electron chi connectivity index (χ2n) is 4.79. The van der Waals surface area contributed by atoms with Gasteiger partial charge in [-0.2, -0.15) is 0 Å². The molecule has 1 unspecified atom stereocenters. The minimum Gasteiger partial charge on any atom is -0.497 e. The first-order valence-electron chi connectivity index (χ1n) is 6.96. The second kappa shape index (κ2) is 7.46. The summed E-state index contributed by atoms with van der Waals surface area (Å²) in [5.41, 5.74) is 1.52. The summed E-state index contributed by atoms with van der Waals surface area (Å²) >= 11 is 0. The molecule has 0 aliphatic carbocycles. The van der Waals surface area contributed by atoms with Crippen molar-refractivity contribution in [1.82, 2.24) is 0 Å². The summed E-state index contributed by atoms with van der Waals surface area (Å²) in [6, 6.07) is 12.3. The molecular weight excluding hydrogens is 279 g/mol. The predicted molar refractivity (Wildman–Crippen MR) is 87.9 cm³/mol. The molecule has 3 heteroatoms. The average molecular weight is 298 g/mol. The SMILES string of the molecule is C=CC(/C=C/c1ccccc1F)c1cc(OC)cc(OC)c1. The summed E-state index contributed by atoms with van der Waals surface area (Å²) in [5, 5.41) is 0. The molecule has 0 saturated heterocycles. The van der Waals surface area contributed by atoms with Crippen LogP contribution in [0.3, 0.4) is 0 Å². The largest absolute Gasteiger partial charge is 0.497 e. The van der Waals surface area contributed by atoms with E-state index in [1.807, 2.05) is 24.3 Å². The van der Waals surface area contributed by atoms with Gasteiger partial charge in [0.05, 0.1) is 14.2 Å². The smallest absolute Gasteiger partial charge is 0.130 e. The van der Waals surface area contributed by atoms with Gasteiger partial charge in [0.2, 0.25) is 0 Å². The first-order valence-corrected chi connectivity index (χ1v) is 6.96. The van der Waals surface area contributed by atoms with Crippen molar-refractivity contribution in [2.45, 2.75) is 5.92 Å². The maximum atomic E-state index is 13.7. The van der Waals surface area contributed by atoms with Crippen molar-refractivity contribution in [3.8, 4) is 11.5 Å². The zero-order valence-corrected chi connectivity index (χ0v) is 12.8. The molecular formula is C19H19FO2. The van der Waals surface area contributed by atoms with Gasteiger partial charge < -0.3 is 9.47 Å². The lowest BCUT2D eigenvalue weighted by atomic mass is 9.97. The van der Waals surface area contributed by atoms with Crippen molar-refractivity contribution in [2.75, 3.05) is 14.2 Å². The van der Waals surface area contributed by atoms with Crippen LogP contribution in [0.15, 0.2) is 61.2 Å². The number of benzene rings is 2. The number of rotatable bonds is 6. The normalized spacial score (nSPS) is 12.1. The van der Waals surface area contributed by atoms with Gasteiger partial charge in [0.1, 0.15) is 17.3 Å². The van der Waals surface area contributed by atoms with Gasteiger partial charge in [-0.15, -0.1) is 6.58 Å². The summed E-state index contributed by atoms with van der Waals surface area (Å²) in [5.74, 6) is 1.11. The molecule has 114 valence electrons. The summed E-state index contributed by atoms with van der Waals surface area (Å²) in [6.07, 6.45) is 5.46. The average Bonchev–Trinajstić information content (AvgIpc) is 2.56. The quantitative estimate of drug-likeness (QED) is 0.711. The monoisotopic (exact) mass is 298 g/mol. The summed E-state index contributed by atoms with van der Waals surface area (Å²) in [6.45, 7) is 3.86. The number of halogens is 1. The van der Waals surface area contributed by atoms with E-state index in [9.17, 15) is 4.39 Å². The lowest BCUT2D eigenvalue weighted by Crippen LogP contribution is -1.95. The van der Waals surface area contributed by atoms with Gasteiger partial charge >= 0.3 is 0 Å². The van der Waals surface area contributed by atoms with Crippen LogP contribution in [0.4, 0.5) is 4.39 Å². The second-order valence-corrected chi connectivity index (χ2v) is 4.79. The maximum Gasteiger partial charge on any atom is 0.130 e. The fourth-order valence-corrected chi connectivity index (χ4v) is 2.17. The molecule has 0 spiro atoms. The Bertz CT molecular complexity index is 655. The minimum absolute atomic E-state index is 0.0661. The van der Waals surface area contributed by atoms with Crippen LogP contribution in [0, 0.1) is 5.82 Å². The first-order chi connectivity index (χ1) is 10.7. The Morgan fingerprint density at radius 3 is 2.23 bits per heavy atom. The molecule has 0 aliphatic heterocycles. The van der Waals surface area contributed by atoms with Gasteiger partial charge in [0, 0.05) is 17.5 Å². The third kappa shape index (κ3) is 3.76. The van der Waals surface area contributed by atoms with Crippen LogP contribution in [-0.2, 0) is 0 Å². The van der Waals surface area contributed by atoms with Gasteiger partial charge in [-0.1, -0.05) is 36.4 Å². The Labute approximate surface area is 130 Å². The Morgan fingerprint density at radius 2 is 1.68 bits per heavy atom. The van der Waals surface area contributed by atoms with Gasteiger partial charge in [-0.3, -0.25) is 0 Å². The molecule has 0 N–H and O–H groups in total. The number of ether oxygens (including phenoxy) is 2. The Kier molecular flexibility index (Phi) is 5.37. The molecule has 22 heavy (non-hydrogen) atoms. The van der Waals surface area contributed by atoms with E-state index in [-0.39, 0.29) is 11.7 Å². The number of allylic oxidation sites excluding steroid dienone is 2. The number of hydrogen-bond acceptors (Lipinski definition) is 2. The highest BCUT2D eigenvalue weighted by Crippen LogP contribution is 2.29. The zero-order chi connectivity index (χ0) is 15.9. The van der Waals surface area contributed by atoms with Gasteiger partial charge in [0.15, 0.2) is 0 Å². The molecule has 0 heterocycles. The standard InChI is InChI=1S/C19H19FO2/c1-4-14(9-10-15-7-5-6-8-19(15)20)16-11-17(21-2)13-18(12-16)22-3/h4-14H,1H2,2-3H3/b10-9+. The van der Waals surface area contributed by atoms with Crippen LogP contribution in [0.5, 0.6) is 11.5 Å². The molecule has 0 radical (unpaired) electrons. The summed E-state index contributed by atoms with van der Waals surface area (Å²) in [7, 11) is 3.22. The maximum absolute atomic E-state index is 13.7. The molecule has 1 atom stereocenters.